The predicted molar refractivity (Wildman–Crippen MR) is 68.8 cm³/mol. The third kappa shape index (κ3) is 3.07. The highest BCUT2D eigenvalue weighted by atomic mass is 35.5. The van der Waals surface area contributed by atoms with Gasteiger partial charge in [-0.2, -0.15) is 4.98 Å². The average molecular weight is 283 g/mol. The predicted octanol–water partition coefficient (Wildman–Crippen LogP) is 2.19. The van der Waals surface area contributed by atoms with Crippen LogP contribution in [0.3, 0.4) is 0 Å². The summed E-state index contributed by atoms with van der Waals surface area (Å²) in [5.74, 6) is 0.583. The Morgan fingerprint density at radius 2 is 2.26 bits per heavy atom. The molecule has 0 spiro atoms. The molecule has 0 unspecified atom stereocenters. The van der Waals surface area contributed by atoms with E-state index in [2.05, 4.69) is 10.1 Å². The summed E-state index contributed by atoms with van der Waals surface area (Å²) in [5, 5.41) is 15.0. The molecule has 2 rings (SSSR count). The van der Waals surface area contributed by atoms with Crippen LogP contribution in [0.1, 0.15) is 12.2 Å². The standard InChI is InChI=1S/C11H11ClN4O3/c12-7-3-4-8(9(6-7)16(17)18)11-14-10(15-19-11)2-1-5-13/h3-4,6H,1-2,5,13H2. The van der Waals surface area contributed by atoms with Gasteiger partial charge < -0.3 is 10.3 Å². The number of halogens is 1. The topological polar surface area (TPSA) is 108 Å². The van der Waals surface area contributed by atoms with Gasteiger partial charge in [-0.25, -0.2) is 0 Å². The van der Waals surface area contributed by atoms with Crippen LogP contribution in [0, 0.1) is 10.1 Å². The summed E-state index contributed by atoms with van der Waals surface area (Å²) in [6.45, 7) is 0.519. The minimum Gasteiger partial charge on any atom is -0.334 e. The maximum Gasteiger partial charge on any atom is 0.283 e. The average Bonchev–Trinajstić information content (AvgIpc) is 2.84. The van der Waals surface area contributed by atoms with E-state index in [0.29, 0.717) is 18.8 Å². The maximum atomic E-state index is 11.0. The molecular weight excluding hydrogens is 272 g/mol. The van der Waals surface area contributed by atoms with E-state index in [4.69, 9.17) is 21.9 Å². The summed E-state index contributed by atoms with van der Waals surface area (Å²) >= 11 is 5.74. The first-order valence-corrected chi connectivity index (χ1v) is 5.96. The molecule has 19 heavy (non-hydrogen) atoms. The van der Waals surface area contributed by atoms with Crippen LogP contribution >= 0.6 is 11.6 Å². The normalized spacial score (nSPS) is 10.6. The van der Waals surface area contributed by atoms with Crippen LogP contribution in [0.2, 0.25) is 5.02 Å². The number of nitrogens with two attached hydrogens (primary N) is 1. The molecule has 1 aromatic heterocycles. The molecule has 0 bridgehead atoms. The molecule has 0 aliphatic carbocycles. The SMILES string of the molecule is NCCCc1noc(-c2ccc(Cl)cc2[N+](=O)[O-])n1. The lowest BCUT2D eigenvalue weighted by molar-refractivity contribution is -0.384. The van der Waals surface area contributed by atoms with Gasteiger partial charge in [0.1, 0.15) is 5.56 Å². The number of nitrogens with zero attached hydrogens (tertiary/aromatic N) is 3. The summed E-state index contributed by atoms with van der Waals surface area (Å²) in [6, 6.07) is 4.27. The van der Waals surface area contributed by atoms with Crippen molar-refractivity contribution >= 4 is 17.3 Å². The van der Waals surface area contributed by atoms with Crippen molar-refractivity contribution in [2.45, 2.75) is 12.8 Å². The Morgan fingerprint density at radius 3 is 2.95 bits per heavy atom. The third-order valence-corrected chi connectivity index (χ3v) is 2.69. The van der Waals surface area contributed by atoms with Crippen LogP contribution in [0.25, 0.3) is 11.5 Å². The minimum absolute atomic E-state index is 0.107. The number of rotatable bonds is 5. The first kappa shape index (κ1) is 13.4. The Bertz CT molecular complexity index is 599. The van der Waals surface area contributed by atoms with Gasteiger partial charge in [-0.1, -0.05) is 16.8 Å². The zero-order valence-corrected chi connectivity index (χ0v) is 10.6. The van der Waals surface area contributed by atoms with Gasteiger partial charge in [0.2, 0.25) is 0 Å². The molecule has 0 amide bonds. The minimum atomic E-state index is -0.537. The second-order valence-electron chi connectivity index (χ2n) is 3.83. The van der Waals surface area contributed by atoms with E-state index in [9.17, 15) is 10.1 Å². The lowest BCUT2D eigenvalue weighted by Crippen LogP contribution is -2.01. The largest absolute Gasteiger partial charge is 0.334 e. The zero-order chi connectivity index (χ0) is 13.8. The second kappa shape index (κ2) is 5.77. The lowest BCUT2D eigenvalue weighted by atomic mass is 10.2. The van der Waals surface area contributed by atoms with Gasteiger partial charge in [0.05, 0.1) is 4.92 Å². The number of aromatic nitrogens is 2. The van der Waals surface area contributed by atoms with Crippen molar-refractivity contribution in [3.05, 3.63) is 39.2 Å². The van der Waals surface area contributed by atoms with E-state index < -0.39 is 4.92 Å². The Kier molecular flexibility index (Phi) is 4.08. The van der Waals surface area contributed by atoms with Crippen molar-refractivity contribution in [3.8, 4) is 11.5 Å². The van der Waals surface area contributed by atoms with Gasteiger partial charge in [0.15, 0.2) is 5.82 Å². The molecule has 2 N–H and O–H groups in total. The van der Waals surface area contributed by atoms with Crippen molar-refractivity contribution < 1.29 is 9.45 Å². The molecule has 0 radical (unpaired) electrons. The van der Waals surface area contributed by atoms with Crippen molar-refractivity contribution in [3.63, 3.8) is 0 Å². The smallest absolute Gasteiger partial charge is 0.283 e. The van der Waals surface area contributed by atoms with Gasteiger partial charge in [-0.15, -0.1) is 0 Å². The van der Waals surface area contributed by atoms with Gasteiger partial charge in [-0.3, -0.25) is 10.1 Å². The molecule has 1 heterocycles. The van der Waals surface area contributed by atoms with Crippen LogP contribution in [-0.4, -0.2) is 21.6 Å². The van der Waals surface area contributed by atoms with Crippen LogP contribution in [-0.2, 0) is 6.42 Å². The Labute approximate surface area is 113 Å². The van der Waals surface area contributed by atoms with E-state index in [1.165, 1.54) is 18.2 Å². The lowest BCUT2D eigenvalue weighted by Gasteiger charge is -1.98. The first-order valence-electron chi connectivity index (χ1n) is 5.59. The van der Waals surface area contributed by atoms with E-state index in [0.717, 1.165) is 6.42 Å². The van der Waals surface area contributed by atoms with Gasteiger partial charge in [0, 0.05) is 17.5 Å². The Morgan fingerprint density at radius 1 is 1.47 bits per heavy atom. The van der Waals surface area contributed by atoms with Crippen molar-refractivity contribution in [1.29, 1.82) is 0 Å². The first-order chi connectivity index (χ1) is 9.11. The fourth-order valence-electron chi connectivity index (χ4n) is 1.56. The molecule has 8 heteroatoms. The molecule has 7 nitrogen and oxygen atoms in total. The number of nitro benzene ring substituents is 1. The highest BCUT2D eigenvalue weighted by Gasteiger charge is 2.20. The van der Waals surface area contributed by atoms with E-state index in [1.807, 2.05) is 0 Å². The fourth-order valence-corrected chi connectivity index (χ4v) is 1.73. The quantitative estimate of drug-likeness (QED) is 0.665. The van der Waals surface area contributed by atoms with E-state index >= 15 is 0 Å². The summed E-state index contributed by atoms with van der Waals surface area (Å²) in [5.41, 5.74) is 5.47. The molecule has 0 aliphatic heterocycles. The van der Waals surface area contributed by atoms with E-state index in [1.54, 1.807) is 0 Å². The number of hydrogen-bond acceptors (Lipinski definition) is 6. The molecule has 0 saturated carbocycles. The van der Waals surface area contributed by atoms with Crippen molar-refractivity contribution in [2.24, 2.45) is 5.73 Å². The van der Waals surface area contributed by atoms with Crippen LogP contribution < -0.4 is 5.73 Å². The molecule has 100 valence electrons. The summed E-state index contributed by atoms with van der Waals surface area (Å²) in [7, 11) is 0. The Balaban J connectivity index is 2.36. The second-order valence-corrected chi connectivity index (χ2v) is 4.26. The molecule has 2 aromatic rings. The highest BCUT2D eigenvalue weighted by Crippen LogP contribution is 2.31. The highest BCUT2D eigenvalue weighted by molar-refractivity contribution is 6.30. The van der Waals surface area contributed by atoms with Crippen LogP contribution in [0.5, 0.6) is 0 Å². The van der Waals surface area contributed by atoms with Gasteiger partial charge >= 0.3 is 0 Å². The fraction of sp³-hybridized carbons (Fsp3) is 0.273. The molecule has 0 fully saturated rings. The zero-order valence-electron chi connectivity index (χ0n) is 9.88. The van der Waals surface area contributed by atoms with Crippen molar-refractivity contribution in [2.75, 3.05) is 6.54 Å². The maximum absolute atomic E-state index is 11.0. The number of nitro groups is 1. The van der Waals surface area contributed by atoms with Gasteiger partial charge in [-0.05, 0) is 25.1 Å². The number of hydrogen-bond donors (Lipinski definition) is 1. The summed E-state index contributed by atoms with van der Waals surface area (Å²) < 4.78 is 5.03. The molecule has 1 aromatic carbocycles. The Hall–Kier alpha value is -1.99. The van der Waals surface area contributed by atoms with Crippen LogP contribution in [0.4, 0.5) is 5.69 Å². The third-order valence-electron chi connectivity index (χ3n) is 2.46. The molecule has 0 aliphatic rings. The number of aryl methyl sites for hydroxylation is 1. The molecule has 0 saturated heterocycles. The molecular formula is C11H11ClN4O3. The molecule has 0 atom stereocenters. The number of benzene rings is 1. The van der Waals surface area contributed by atoms with Gasteiger partial charge in [0.25, 0.3) is 11.6 Å². The monoisotopic (exact) mass is 282 g/mol. The van der Waals surface area contributed by atoms with Crippen molar-refractivity contribution in [1.82, 2.24) is 10.1 Å². The summed E-state index contributed by atoms with van der Waals surface area (Å²) in [4.78, 5) is 14.5. The summed E-state index contributed by atoms with van der Waals surface area (Å²) in [6.07, 6.45) is 1.29. The van der Waals surface area contributed by atoms with E-state index in [-0.39, 0.29) is 22.2 Å². The van der Waals surface area contributed by atoms with Crippen LogP contribution in [0.15, 0.2) is 22.7 Å².